The molecule has 0 amide bonds. The smallest absolute Gasteiger partial charge is 0.191 e. The molecule has 0 aromatic carbocycles. The quantitative estimate of drug-likeness (QED) is 0.345. The fraction of sp³-hybridized carbons (Fsp3) is 0.828. The number of fused-ring (bicyclic) bond motifs is 1. The molecule has 34 heavy (non-hydrogen) atoms. The van der Waals surface area contributed by atoms with Gasteiger partial charge in [-0.2, -0.15) is 5.10 Å². The van der Waals surface area contributed by atoms with Crippen LogP contribution in [0.2, 0.25) is 18.1 Å². The Kier molecular flexibility index (Phi) is 7.07. The van der Waals surface area contributed by atoms with E-state index in [-0.39, 0.29) is 22.0 Å². The van der Waals surface area contributed by atoms with Gasteiger partial charge in [-0.1, -0.05) is 46.8 Å². The Balaban J connectivity index is 1.64. The molecule has 4 nitrogen and oxygen atoms in total. The molecule has 5 heteroatoms. The standard InChI is InChI=1S/C29H50N2O2Si/c1-21-10-11-25-24(19-31-17-9-16-30-31)26(13-15-28(21,25)5)29(6)14-12-23(32)18-22(29)20-33-34(7,8)27(2,3)4/h9,16-17,22-26,32H,1,10-15,18-20H2,2-8H3/t22-,23+,24+,25+,26+,28-,29+/m1/s1. The molecule has 0 bridgehead atoms. The lowest BCUT2D eigenvalue weighted by molar-refractivity contribution is -0.0967. The maximum absolute atomic E-state index is 10.7. The van der Waals surface area contributed by atoms with Crippen LogP contribution in [0.5, 0.6) is 0 Å². The fourth-order valence-electron chi connectivity index (χ4n) is 7.56. The third-order valence-corrected chi connectivity index (χ3v) is 15.7. The van der Waals surface area contributed by atoms with Gasteiger partial charge in [0.25, 0.3) is 0 Å². The number of hydrogen-bond donors (Lipinski definition) is 1. The van der Waals surface area contributed by atoms with Gasteiger partial charge in [0, 0.05) is 25.5 Å². The van der Waals surface area contributed by atoms with Crippen LogP contribution in [0.25, 0.3) is 0 Å². The third-order valence-electron chi connectivity index (χ3n) is 11.2. The summed E-state index contributed by atoms with van der Waals surface area (Å²) in [7, 11) is -1.84. The predicted octanol–water partition coefficient (Wildman–Crippen LogP) is 7.07. The van der Waals surface area contributed by atoms with Gasteiger partial charge < -0.3 is 9.53 Å². The maximum Gasteiger partial charge on any atom is 0.191 e. The van der Waals surface area contributed by atoms with Gasteiger partial charge in [0.2, 0.25) is 0 Å². The topological polar surface area (TPSA) is 47.3 Å². The summed E-state index contributed by atoms with van der Waals surface area (Å²) in [6.45, 7) is 23.1. The summed E-state index contributed by atoms with van der Waals surface area (Å²) >= 11 is 0. The first-order chi connectivity index (χ1) is 15.8. The Morgan fingerprint density at radius 1 is 1.18 bits per heavy atom. The van der Waals surface area contributed by atoms with E-state index in [1.807, 2.05) is 6.20 Å². The van der Waals surface area contributed by atoms with Gasteiger partial charge >= 0.3 is 0 Å². The minimum atomic E-state index is -1.84. The second kappa shape index (κ2) is 9.19. The van der Waals surface area contributed by atoms with Crippen LogP contribution >= 0.6 is 0 Å². The second-order valence-electron chi connectivity index (χ2n) is 13.9. The number of nitrogens with zero attached hydrogens (tertiary/aromatic N) is 2. The number of rotatable bonds is 6. The summed E-state index contributed by atoms with van der Waals surface area (Å²) in [5.41, 5.74) is 1.93. The van der Waals surface area contributed by atoms with Gasteiger partial charge in [0.15, 0.2) is 8.32 Å². The zero-order valence-corrected chi connectivity index (χ0v) is 23.9. The van der Waals surface area contributed by atoms with E-state index in [1.165, 1.54) is 31.3 Å². The lowest BCUT2D eigenvalue weighted by Crippen LogP contribution is -2.53. The van der Waals surface area contributed by atoms with Crippen molar-refractivity contribution in [2.45, 2.75) is 110 Å². The van der Waals surface area contributed by atoms with E-state index in [0.717, 1.165) is 32.4 Å². The Labute approximate surface area is 209 Å². The molecule has 3 saturated carbocycles. The van der Waals surface area contributed by atoms with Crippen molar-refractivity contribution in [3.63, 3.8) is 0 Å². The van der Waals surface area contributed by atoms with Crippen molar-refractivity contribution in [1.82, 2.24) is 9.78 Å². The zero-order chi connectivity index (χ0) is 24.9. The maximum atomic E-state index is 10.7. The van der Waals surface area contributed by atoms with Crippen molar-refractivity contribution in [3.05, 3.63) is 30.6 Å². The monoisotopic (exact) mass is 486 g/mol. The number of hydrogen-bond acceptors (Lipinski definition) is 3. The number of aliphatic hydroxyl groups is 1. The molecular formula is C29H50N2O2Si. The van der Waals surface area contributed by atoms with Crippen molar-refractivity contribution in [1.29, 1.82) is 0 Å². The normalized spacial score (nSPS) is 39.3. The third kappa shape index (κ3) is 4.62. The molecule has 3 aliphatic rings. The molecule has 1 aromatic heterocycles. The highest BCUT2D eigenvalue weighted by Gasteiger charge is 2.57. The average molecular weight is 487 g/mol. The lowest BCUT2D eigenvalue weighted by atomic mass is 9.49. The van der Waals surface area contributed by atoms with Gasteiger partial charge in [0.1, 0.15) is 0 Å². The Hall–Kier alpha value is -0.913. The molecule has 1 aromatic rings. The van der Waals surface area contributed by atoms with E-state index in [1.54, 1.807) is 0 Å². The molecule has 0 aliphatic heterocycles. The molecule has 3 aliphatic carbocycles. The number of aromatic nitrogens is 2. The molecule has 1 heterocycles. The van der Waals surface area contributed by atoms with Gasteiger partial charge in [-0.15, -0.1) is 0 Å². The summed E-state index contributed by atoms with van der Waals surface area (Å²) < 4.78 is 9.00. The molecular weight excluding hydrogens is 436 g/mol. The van der Waals surface area contributed by atoms with Crippen molar-refractivity contribution < 1.29 is 9.53 Å². The fourth-order valence-corrected chi connectivity index (χ4v) is 8.61. The lowest BCUT2D eigenvalue weighted by Gasteiger charge is -2.57. The summed E-state index contributed by atoms with van der Waals surface area (Å²) in [6, 6.07) is 2.05. The number of aliphatic hydroxyl groups excluding tert-OH is 1. The van der Waals surface area contributed by atoms with E-state index in [2.05, 4.69) is 76.3 Å². The van der Waals surface area contributed by atoms with Gasteiger partial charge in [-0.3, -0.25) is 4.68 Å². The largest absolute Gasteiger partial charge is 0.417 e. The summed E-state index contributed by atoms with van der Waals surface area (Å²) in [5.74, 6) is 2.30. The first-order valence-electron chi connectivity index (χ1n) is 13.8. The molecule has 7 atom stereocenters. The molecule has 192 valence electrons. The van der Waals surface area contributed by atoms with Crippen LogP contribution in [0.3, 0.4) is 0 Å². The molecule has 4 rings (SSSR count). The van der Waals surface area contributed by atoms with Crippen LogP contribution in [0, 0.1) is 34.5 Å². The highest BCUT2D eigenvalue weighted by atomic mass is 28.4. The van der Waals surface area contributed by atoms with E-state index < -0.39 is 8.32 Å². The van der Waals surface area contributed by atoms with Gasteiger partial charge in [0.05, 0.1) is 6.10 Å². The van der Waals surface area contributed by atoms with E-state index in [9.17, 15) is 5.11 Å². The average Bonchev–Trinajstić information content (AvgIpc) is 3.36. The molecule has 0 saturated heterocycles. The first-order valence-corrected chi connectivity index (χ1v) is 16.7. The Bertz CT molecular complexity index is 860. The summed E-state index contributed by atoms with van der Waals surface area (Å²) in [5, 5.41) is 15.6. The minimum Gasteiger partial charge on any atom is -0.417 e. The van der Waals surface area contributed by atoms with Crippen molar-refractivity contribution in [2.24, 2.45) is 34.5 Å². The highest BCUT2D eigenvalue weighted by Crippen LogP contribution is 2.63. The molecule has 0 unspecified atom stereocenters. The molecule has 3 fully saturated rings. The van der Waals surface area contributed by atoms with Crippen LogP contribution in [0.1, 0.15) is 79.6 Å². The first kappa shape index (κ1) is 26.2. The SMILES string of the molecule is C=C1CC[C@H]2[C@H](Cn3cccn3)[C@@H]([C@@]3(C)CC[C@H](O)C[C@@H]3CO[Si](C)(C)C(C)(C)C)CC[C@]12C. The molecule has 1 N–H and O–H groups in total. The van der Waals surface area contributed by atoms with Crippen LogP contribution in [0.15, 0.2) is 30.6 Å². The van der Waals surface area contributed by atoms with Gasteiger partial charge in [-0.25, -0.2) is 0 Å². The van der Waals surface area contributed by atoms with Gasteiger partial charge in [-0.05, 0) is 104 Å². The summed E-state index contributed by atoms with van der Waals surface area (Å²) in [4.78, 5) is 0. The van der Waals surface area contributed by atoms with Crippen LogP contribution in [-0.2, 0) is 11.0 Å². The van der Waals surface area contributed by atoms with E-state index in [4.69, 9.17) is 4.43 Å². The minimum absolute atomic E-state index is 0.185. The van der Waals surface area contributed by atoms with Crippen LogP contribution in [0.4, 0.5) is 0 Å². The van der Waals surface area contributed by atoms with Crippen molar-refractivity contribution >= 4 is 8.32 Å². The Morgan fingerprint density at radius 3 is 2.56 bits per heavy atom. The molecule has 0 spiro atoms. The highest BCUT2D eigenvalue weighted by molar-refractivity contribution is 6.74. The van der Waals surface area contributed by atoms with E-state index >= 15 is 0 Å². The van der Waals surface area contributed by atoms with Crippen LogP contribution in [-0.4, -0.2) is 35.9 Å². The van der Waals surface area contributed by atoms with Crippen molar-refractivity contribution in [3.8, 4) is 0 Å². The van der Waals surface area contributed by atoms with Crippen molar-refractivity contribution in [2.75, 3.05) is 6.61 Å². The van der Waals surface area contributed by atoms with Crippen LogP contribution < -0.4 is 0 Å². The van der Waals surface area contributed by atoms with E-state index in [0.29, 0.717) is 23.7 Å². The Morgan fingerprint density at radius 2 is 1.91 bits per heavy atom. The summed E-state index contributed by atoms with van der Waals surface area (Å²) in [6.07, 6.45) is 11.7. The number of allylic oxidation sites excluding steroid dienone is 1. The second-order valence-corrected chi connectivity index (χ2v) is 18.7. The zero-order valence-electron chi connectivity index (χ0n) is 22.9. The molecule has 0 radical (unpaired) electrons. The predicted molar refractivity (Wildman–Crippen MR) is 143 cm³/mol.